The van der Waals surface area contributed by atoms with E-state index in [4.69, 9.17) is 4.42 Å². The second-order valence-electron chi connectivity index (χ2n) is 5.29. The molecule has 1 N–H and O–H groups in total. The van der Waals surface area contributed by atoms with E-state index in [1.165, 1.54) is 0 Å². The number of benzene rings is 1. The third kappa shape index (κ3) is 2.40. The Morgan fingerprint density at radius 2 is 2.05 bits per heavy atom. The van der Waals surface area contributed by atoms with Gasteiger partial charge in [0.15, 0.2) is 17.3 Å². The molecular formula is C15H17NO3. The molecule has 0 spiro atoms. The first-order valence-electron chi connectivity index (χ1n) is 6.73. The van der Waals surface area contributed by atoms with Gasteiger partial charge in [-0.1, -0.05) is 0 Å². The van der Waals surface area contributed by atoms with Gasteiger partial charge in [0.25, 0.3) is 0 Å². The molecule has 1 heterocycles. The van der Waals surface area contributed by atoms with Gasteiger partial charge in [0, 0.05) is 18.4 Å². The Bertz CT molecular complexity index is 609. The van der Waals surface area contributed by atoms with Gasteiger partial charge in [0.1, 0.15) is 5.52 Å². The predicted molar refractivity (Wildman–Crippen MR) is 71.0 cm³/mol. The molecule has 1 aromatic heterocycles. The smallest absolute Gasteiger partial charge is 0.192 e. The van der Waals surface area contributed by atoms with Gasteiger partial charge < -0.3 is 9.52 Å². The number of ketones is 1. The third-order valence-electron chi connectivity index (χ3n) is 3.85. The van der Waals surface area contributed by atoms with Crippen LogP contribution in [0.5, 0.6) is 0 Å². The largest absolute Gasteiger partial charge is 0.441 e. The number of aliphatic hydroxyl groups excluding tert-OH is 1. The number of carbonyl (C=O) groups is 1. The van der Waals surface area contributed by atoms with E-state index in [2.05, 4.69) is 4.98 Å². The first-order valence-corrected chi connectivity index (χ1v) is 6.73. The number of aryl methyl sites for hydroxylation is 1. The van der Waals surface area contributed by atoms with Crippen molar-refractivity contribution in [3.8, 4) is 0 Å². The first-order chi connectivity index (χ1) is 9.13. The second kappa shape index (κ2) is 4.78. The average molecular weight is 259 g/mol. The van der Waals surface area contributed by atoms with Crippen molar-refractivity contribution in [3.05, 3.63) is 29.7 Å². The Hall–Kier alpha value is -1.68. The van der Waals surface area contributed by atoms with Crippen LogP contribution in [-0.4, -0.2) is 22.0 Å². The maximum Gasteiger partial charge on any atom is 0.192 e. The molecule has 1 fully saturated rings. The van der Waals surface area contributed by atoms with E-state index in [9.17, 15) is 9.90 Å². The normalized spacial score (nSPS) is 23.7. The molecule has 2 aromatic rings. The molecule has 4 heteroatoms. The molecule has 1 saturated carbocycles. The van der Waals surface area contributed by atoms with Crippen LogP contribution >= 0.6 is 0 Å². The molecule has 0 radical (unpaired) electrons. The topological polar surface area (TPSA) is 63.3 Å². The van der Waals surface area contributed by atoms with Gasteiger partial charge in [-0.15, -0.1) is 0 Å². The Kier molecular flexibility index (Phi) is 3.11. The first kappa shape index (κ1) is 12.4. The van der Waals surface area contributed by atoms with Gasteiger partial charge >= 0.3 is 0 Å². The average Bonchev–Trinajstić information content (AvgIpc) is 2.77. The molecule has 0 saturated heterocycles. The van der Waals surface area contributed by atoms with Crippen LogP contribution in [0, 0.1) is 12.8 Å². The van der Waals surface area contributed by atoms with E-state index >= 15 is 0 Å². The Labute approximate surface area is 111 Å². The number of hydrogen-bond donors (Lipinski definition) is 1. The fourth-order valence-corrected chi connectivity index (χ4v) is 2.77. The number of hydrogen-bond acceptors (Lipinski definition) is 4. The number of aromatic nitrogens is 1. The van der Waals surface area contributed by atoms with Crippen molar-refractivity contribution in [1.82, 2.24) is 4.98 Å². The number of fused-ring (bicyclic) bond motifs is 1. The Morgan fingerprint density at radius 1 is 1.32 bits per heavy atom. The molecule has 19 heavy (non-hydrogen) atoms. The van der Waals surface area contributed by atoms with Crippen molar-refractivity contribution in [2.75, 3.05) is 0 Å². The number of Topliss-reactive ketones (excluding diaryl/α,β-unsaturated/α-hetero) is 1. The van der Waals surface area contributed by atoms with Crippen molar-refractivity contribution >= 4 is 16.9 Å². The number of nitrogens with zero attached hydrogens (tertiary/aromatic N) is 1. The van der Waals surface area contributed by atoms with Gasteiger partial charge in [-0.25, -0.2) is 4.98 Å². The lowest BCUT2D eigenvalue weighted by molar-refractivity contribution is 0.0764. The van der Waals surface area contributed by atoms with E-state index in [1.54, 1.807) is 25.1 Å². The standard InChI is InChI=1S/C15H17NO3/c1-9-16-13-8-11(4-7-14(13)19-9)15(18)10-2-5-12(17)6-3-10/h4,7-8,10,12,17H,2-3,5-6H2,1H3. The number of oxazole rings is 1. The third-order valence-corrected chi connectivity index (χ3v) is 3.85. The van der Waals surface area contributed by atoms with E-state index in [1.807, 2.05) is 0 Å². The Morgan fingerprint density at radius 3 is 2.79 bits per heavy atom. The molecule has 1 aromatic carbocycles. The summed E-state index contributed by atoms with van der Waals surface area (Å²) < 4.78 is 5.41. The maximum absolute atomic E-state index is 12.4. The predicted octanol–water partition coefficient (Wildman–Crippen LogP) is 2.87. The zero-order valence-corrected chi connectivity index (χ0v) is 10.9. The van der Waals surface area contributed by atoms with Gasteiger partial charge in [0.2, 0.25) is 0 Å². The molecule has 1 aliphatic carbocycles. The van der Waals surface area contributed by atoms with Gasteiger partial charge in [-0.05, 0) is 43.9 Å². The van der Waals surface area contributed by atoms with Crippen molar-refractivity contribution in [2.45, 2.75) is 38.7 Å². The van der Waals surface area contributed by atoms with E-state index < -0.39 is 0 Å². The summed E-state index contributed by atoms with van der Waals surface area (Å²) in [7, 11) is 0. The maximum atomic E-state index is 12.4. The summed E-state index contributed by atoms with van der Waals surface area (Å²) in [6, 6.07) is 5.42. The summed E-state index contributed by atoms with van der Waals surface area (Å²) >= 11 is 0. The molecule has 0 aliphatic heterocycles. The highest BCUT2D eigenvalue weighted by Gasteiger charge is 2.26. The minimum absolute atomic E-state index is 0.0360. The van der Waals surface area contributed by atoms with E-state index in [-0.39, 0.29) is 17.8 Å². The van der Waals surface area contributed by atoms with Gasteiger partial charge in [-0.2, -0.15) is 0 Å². The van der Waals surface area contributed by atoms with Crippen LogP contribution in [0.2, 0.25) is 0 Å². The van der Waals surface area contributed by atoms with Crippen LogP contribution in [-0.2, 0) is 0 Å². The highest BCUT2D eigenvalue weighted by molar-refractivity contribution is 6.00. The molecule has 0 unspecified atom stereocenters. The molecule has 1 aliphatic rings. The molecule has 100 valence electrons. The highest BCUT2D eigenvalue weighted by Crippen LogP contribution is 2.28. The van der Waals surface area contributed by atoms with Crippen molar-refractivity contribution in [2.24, 2.45) is 5.92 Å². The van der Waals surface area contributed by atoms with Gasteiger partial charge in [-0.3, -0.25) is 4.79 Å². The molecule has 0 atom stereocenters. The number of rotatable bonds is 2. The molecule has 0 amide bonds. The summed E-state index contributed by atoms with van der Waals surface area (Å²) in [4.78, 5) is 16.7. The summed E-state index contributed by atoms with van der Waals surface area (Å²) in [6.07, 6.45) is 2.76. The van der Waals surface area contributed by atoms with Crippen molar-refractivity contribution < 1.29 is 14.3 Å². The summed E-state index contributed by atoms with van der Waals surface area (Å²) in [5, 5.41) is 9.49. The Balaban J connectivity index is 1.84. The molecule has 3 rings (SSSR count). The SMILES string of the molecule is Cc1nc2cc(C(=O)C3CCC(O)CC3)ccc2o1. The lowest BCUT2D eigenvalue weighted by atomic mass is 9.82. The molecular weight excluding hydrogens is 242 g/mol. The van der Waals surface area contributed by atoms with E-state index in [0.29, 0.717) is 17.0 Å². The van der Waals surface area contributed by atoms with Crippen LogP contribution in [0.4, 0.5) is 0 Å². The fourth-order valence-electron chi connectivity index (χ4n) is 2.77. The van der Waals surface area contributed by atoms with Crippen molar-refractivity contribution in [3.63, 3.8) is 0 Å². The van der Waals surface area contributed by atoms with Crippen LogP contribution < -0.4 is 0 Å². The lowest BCUT2D eigenvalue weighted by Crippen LogP contribution is -2.24. The lowest BCUT2D eigenvalue weighted by Gasteiger charge is -2.24. The summed E-state index contributed by atoms with van der Waals surface area (Å²) in [5.41, 5.74) is 2.15. The molecule has 4 nitrogen and oxygen atoms in total. The van der Waals surface area contributed by atoms with Crippen LogP contribution in [0.15, 0.2) is 22.6 Å². The number of aliphatic hydroxyl groups is 1. The zero-order chi connectivity index (χ0) is 13.4. The highest BCUT2D eigenvalue weighted by atomic mass is 16.3. The quantitative estimate of drug-likeness (QED) is 0.842. The monoisotopic (exact) mass is 259 g/mol. The zero-order valence-electron chi connectivity index (χ0n) is 10.9. The van der Waals surface area contributed by atoms with Crippen molar-refractivity contribution in [1.29, 1.82) is 0 Å². The number of carbonyl (C=O) groups excluding carboxylic acids is 1. The van der Waals surface area contributed by atoms with Crippen LogP contribution in [0.25, 0.3) is 11.1 Å². The van der Waals surface area contributed by atoms with Crippen LogP contribution in [0.3, 0.4) is 0 Å². The summed E-state index contributed by atoms with van der Waals surface area (Å²) in [6.45, 7) is 1.80. The fraction of sp³-hybridized carbons (Fsp3) is 0.467. The van der Waals surface area contributed by atoms with Gasteiger partial charge in [0.05, 0.1) is 6.10 Å². The van der Waals surface area contributed by atoms with Crippen LogP contribution in [0.1, 0.15) is 41.9 Å². The minimum atomic E-state index is -0.232. The molecule has 0 bridgehead atoms. The van der Waals surface area contributed by atoms with E-state index in [0.717, 1.165) is 31.2 Å². The minimum Gasteiger partial charge on any atom is -0.441 e. The summed E-state index contributed by atoms with van der Waals surface area (Å²) in [5.74, 6) is 0.809. The second-order valence-corrected chi connectivity index (χ2v) is 5.29.